The second-order valence-electron chi connectivity index (χ2n) is 3.11. The van der Waals surface area contributed by atoms with Crippen molar-refractivity contribution in [3.8, 4) is 11.9 Å². The van der Waals surface area contributed by atoms with E-state index in [1.165, 1.54) is 0 Å². The number of hydrogen-bond donors (Lipinski definition) is 0. The second-order valence-corrected chi connectivity index (χ2v) is 3.11. The van der Waals surface area contributed by atoms with Gasteiger partial charge in [-0.25, -0.2) is 4.98 Å². The van der Waals surface area contributed by atoms with Crippen LogP contribution in [-0.4, -0.2) is 9.97 Å². The van der Waals surface area contributed by atoms with Crippen LogP contribution in [0.25, 0.3) is 0 Å². The lowest BCUT2D eigenvalue weighted by Gasteiger charge is -2.05. The van der Waals surface area contributed by atoms with Gasteiger partial charge in [-0.3, -0.25) is 4.98 Å². The molecule has 2 heterocycles. The minimum absolute atomic E-state index is 0.363. The van der Waals surface area contributed by atoms with Crippen LogP contribution in [0.2, 0.25) is 0 Å². The van der Waals surface area contributed by atoms with Crippen molar-refractivity contribution in [1.29, 1.82) is 5.26 Å². The quantitative estimate of drug-likeness (QED) is 0.778. The van der Waals surface area contributed by atoms with Gasteiger partial charge >= 0.3 is 0 Å². The number of nitrogens with zero attached hydrogens (tertiary/aromatic N) is 3. The summed E-state index contributed by atoms with van der Waals surface area (Å²) in [6, 6.07) is 9.13. The van der Waals surface area contributed by atoms with Crippen LogP contribution >= 0.6 is 0 Å². The summed E-state index contributed by atoms with van der Waals surface area (Å²) >= 11 is 0. The molecule has 0 spiro atoms. The van der Waals surface area contributed by atoms with Gasteiger partial charge in [-0.1, -0.05) is 0 Å². The Morgan fingerprint density at radius 1 is 1.19 bits per heavy atom. The zero-order valence-corrected chi connectivity index (χ0v) is 8.50. The highest BCUT2D eigenvalue weighted by Crippen LogP contribution is 2.14. The molecule has 2 rings (SSSR count). The third-order valence-electron chi connectivity index (χ3n) is 2.02. The minimum atomic E-state index is 0.363. The molecule has 2 aromatic heterocycles. The summed E-state index contributed by atoms with van der Waals surface area (Å²) < 4.78 is 5.45. The number of pyridine rings is 2. The van der Waals surface area contributed by atoms with Gasteiger partial charge in [-0.2, -0.15) is 5.26 Å². The van der Waals surface area contributed by atoms with Crippen molar-refractivity contribution in [3.63, 3.8) is 0 Å². The lowest BCUT2D eigenvalue weighted by molar-refractivity contribution is 0.293. The summed E-state index contributed by atoms with van der Waals surface area (Å²) in [6.07, 6.45) is 4.99. The van der Waals surface area contributed by atoms with Crippen LogP contribution in [-0.2, 0) is 6.61 Å². The zero-order chi connectivity index (χ0) is 11.2. The molecule has 0 radical (unpaired) electrons. The average molecular weight is 211 g/mol. The Kier molecular flexibility index (Phi) is 3.10. The third kappa shape index (κ3) is 2.34. The van der Waals surface area contributed by atoms with E-state index in [0.717, 1.165) is 5.56 Å². The fraction of sp³-hybridized carbons (Fsp3) is 0.0833. The van der Waals surface area contributed by atoms with Crippen molar-refractivity contribution in [1.82, 2.24) is 9.97 Å². The smallest absolute Gasteiger partial charge is 0.231 e. The first-order chi connectivity index (χ1) is 7.90. The Balaban J connectivity index is 2.09. The SMILES string of the molecule is N#Cc1cccnc1OCc1ccncc1. The van der Waals surface area contributed by atoms with Crippen LogP contribution in [0, 0.1) is 11.3 Å². The fourth-order valence-corrected chi connectivity index (χ4v) is 1.22. The molecule has 4 nitrogen and oxygen atoms in total. The first-order valence-electron chi connectivity index (χ1n) is 4.77. The Hall–Kier alpha value is -2.41. The standard InChI is InChI=1S/C12H9N3O/c13-8-11-2-1-5-15-12(11)16-9-10-3-6-14-7-4-10/h1-7H,9H2. The lowest BCUT2D eigenvalue weighted by atomic mass is 10.3. The number of nitriles is 1. The molecule has 0 saturated carbocycles. The molecular weight excluding hydrogens is 202 g/mol. The topological polar surface area (TPSA) is 58.8 Å². The van der Waals surface area contributed by atoms with E-state index in [9.17, 15) is 0 Å². The van der Waals surface area contributed by atoms with Gasteiger partial charge in [0.15, 0.2) is 0 Å². The average Bonchev–Trinajstić information content (AvgIpc) is 2.38. The zero-order valence-electron chi connectivity index (χ0n) is 8.50. The largest absolute Gasteiger partial charge is 0.472 e. The minimum Gasteiger partial charge on any atom is -0.472 e. The van der Waals surface area contributed by atoms with Crippen LogP contribution in [0.15, 0.2) is 42.9 Å². The number of rotatable bonds is 3. The van der Waals surface area contributed by atoms with Crippen molar-refractivity contribution in [2.75, 3.05) is 0 Å². The first-order valence-corrected chi connectivity index (χ1v) is 4.77. The normalized spacial score (nSPS) is 9.44. The monoisotopic (exact) mass is 211 g/mol. The van der Waals surface area contributed by atoms with Gasteiger partial charge in [-0.15, -0.1) is 0 Å². The fourth-order valence-electron chi connectivity index (χ4n) is 1.22. The molecule has 0 aliphatic heterocycles. The van der Waals surface area contributed by atoms with Gasteiger partial charge in [0, 0.05) is 18.6 Å². The molecule has 0 amide bonds. The molecule has 0 saturated heterocycles. The van der Waals surface area contributed by atoms with Gasteiger partial charge in [-0.05, 0) is 29.8 Å². The van der Waals surface area contributed by atoms with E-state index >= 15 is 0 Å². The van der Waals surface area contributed by atoms with E-state index in [2.05, 4.69) is 9.97 Å². The van der Waals surface area contributed by atoms with E-state index in [0.29, 0.717) is 18.1 Å². The summed E-state index contributed by atoms with van der Waals surface area (Å²) in [6.45, 7) is 0.383. The number of hydrogen-bond acceptors (Lipinski definition) is 4. The van der Waals surface area contributed by atoms with Crippen LogP contribution < -0.4 is 4.74 Å². The highest BCUT2D eigenvalue weighted by atomic mass is 16.5. The second kappa shape index (κ2) is 4.89. The highest BCUT2D eigenvalue weighted by molar-refractivity contribution is 5.37. The summed E-state index contributed by atoms with van der Waals surface area (Å²) in [5, 5.41) is 8.84. The molecule has 16 heavy (non-hydrogen) atoms. The van der Waals surface area contributed by atoms with Crippen molar-refractivity contribution in [3.05, 3.63) is 54.0 Å². The summed E-state index contributed by atoms with van der Waals surface area (Å²) in [5.41, 5.74) is 1.43. The molecule has 0 aliphatic carbocycles. The van der Waals surface area contributed by atoms with Crippen molar-refractivity contribution in [2.24, 2.45) is 0 Å². The van der Waals surface area contributed by atoms with Gasteiger partial charge in [0.2, 0.25) is 5.88 Å². The Morgan fingerprint density at radius 2 is 2.00 bits per heavy atom. The molecule has 0 unspecified atom stereocenters. The third-order valence-corrected chi connectivity index (χ3v) is 2.02. The van der Waals surface area contributed by atoms with E-state index in [4.69, 9.17) is 10.00 Å². The summed E-state index contributed by atoms with van der Waals surface area (Å²) in [7, 11) is 0. The predicted octanol–water partition coefficient (Wildman–Crippen LogP) is 1.93. The predicted molar refractivity (Wildman–Crippen MR) is 57.5 cm³/mol. The van der Waals surface area contributed by atoms with Crippen LogP contribution in [0.1, 0.15) is 11.1 Å². The van der Waals surface area contributed by atoms with E-state index in [1.807, 2.05) is 18.2 Å². The lowest BCUT2D eigenvalue weighted by Crippen LogP contribution is -1.99. The summed E-state index contributed by atoms with van der Waals surface area (Å²) in [5.74, 6) is 0.363. The molecule has 0 N–H and O–H groups in total. The van der Waals surface area contributed by atoms with E-state index in [-0.39, 0.29) is 0 Å². The molecule has 0 atom stereocenters. The molecule has 2 aromatic rings. The van der Waals surface area contributed by atoms with Crippen molar-refractivity contribution >= 4 is 0 Å². The Bertz CT molecular complexity index is 505. The molecule has 0 aromatic carbocycles. The molecular formula is C12H9N3O. The summed E-state index contributed by atoms with van der Waals surface area (Å²) in [4.78, 5) is 7.91. The number of ether oxygens (including phenoxy) is 1. The molecule has 0 aliphatic rings. The molecule has 4 heteroatoms. The van der Waals surface area contributed by atoms with Crippen LogP contribution in [0.4, 0.5) is 0 Å². The highest BCUT2D eigenvalue weighted by Gasteiger charge is 2.03. The van der Waals surface area contributed by atoms with Gasteiger partial charge in [0.1, 0.15) is 18.2 Å². The Morgan fingerprint density at radius 3 is 2.75 bits per heavy atom. The van der Waals surface area contributed by atoms with Gasteiger partial charge in [0.25, 0.3) is 0 Å². The van der Waals surface area contributed by atoms with Crippen LogP contribution in [0.5, 0.6) is 5.88 Å². The maximum absolute atomic E-state index is 8.84. The maximum atomic E-state index is 8.84. The maximum Gasteiger partial charge on any atom is 0.231 e. The molecule has 0 bridgehead atoms. The van der Waals surface area contributed by atoms with Gasteiger partial charge < -0.3 is 4.74 Å². The number of aromatic nitrogens is 2. The van der Waals surface area contributed by atoms with Crippen molar-refractivity contribution in [2.45, 2.75) is 6.61 Å². The van der Waals surface area contributed by atoms with Crippen molar-refractivity contribution < 1.29 is 4.74 Å². The van der Waals surface area contributed by atoms with Crippen LogP contribution in [0.3, 0.4) is 0 Å². The van der Waals surface area contributed by atoms with E-state index in [1.54, 1.807) is 30.7 Å². The van der Waals surface area contributed by atoms with Gasteiger partial charge in [0.05, 0.1) is 0 Å². The molecule has 0 fully saturated rings. The first kappa shape index (κ1) is 10.1. The molecule has 78 valence electrons. The Labute approximate surface area is 93.2 Å². The van der Waals surface area contributed by atoms with E-state index < -0.39 is 0 Å².